The topological polar surface area (TPSA) is 52.5 Å². The lowest BCUT2D eigenvalue weighted by Gasteiger charge is -2.23. The van der Waals surface area contributed by atoms with E-state index in [1.54, 1.807) is 0 Å². The Morgan fingerprint density at radius 2 is 2.08 bits per heavy atom. The largest absolute Gasteiger partial charge is 0.396 e. The Kier molecular flexibility index (Phi) is 3.33. The summed E-state index contributed by atoms with van der Waals surface area (Å²) >= 11 is 0. The summed E-state index contributed by atoms with van der Waals surface area (Å²) in [5, 5.41) is 21.9. The lowest BCUT2D eigenvalue weighted by atomic mass is 10.0. The van der Waals surface area contributed by atoms with Gasteiger partial charge < -0.3 is 15.5 Å². The second-order valence-electron chi connectivity index (χ2n) is 4.61. The minimum atomic E-state index is -0.606. The third-order valence-electron chi connectivity index (χ3n) is 3.06. The molecule has 1 saturated carbocycles. The first kappa shape index (κ1) is 11.0. The van der Waals surface area contributed by atoms with Gasteiger partial charge in [0.15, 0.2) is 0 Å². The quantitative estimate of drug-likeness (QED) is 0.568. The minimum absolute atomic E-state index is 0.143. The standard InChI is InChI=1S/C10H21NO2/c1-3-9(2,13)6-11-7-10(8-12)4-5-10/h11-13H,3-8H2,1-2H3. The van der Waals surface area contributed by atoms with Crippen LogP contribution >= 0.6 is 0 Å². The van der Waals surface area contributed by atoms with E-state index in [9.17, 15) is 5.11 Å². The Morgan fingerprint density at radius 3 is 2.46 bits per heavy atom. The van der Waals surface area contributed by atoms with Gasteiger partial charge in [-0.15, -0.1) is 0 Å². The molecule has 3 heteroatoms. The van der Waals surface area contributed by atoms with Crippen molar-refractivity contribution in [1.29, 1.82) is 0 Å². The van der Waals surface area contributed by atoms with E-state index in [2.05, 4.69) is 5.32 Å². The molecule has 78 valence electrons. The van der Waals surface area contributed by atoms with Gasteiger partial charge in [-0.1, -0.05) is 6.92 Å². The average Bonchev–Trinajstić information content (AvgIpc) is 2.85. The number of aliphatic hydroxyl groups is 2. The summed E-state index contributed by atoms with van der Waals surface area (Å²) in [7, 11) is 0. The molecular formula is C10H21NO2. The van der Waals surface area contributed by atoms with Gasteiger partial charge in [0.1, 0.15) is 0 Å². The summed E-state index contributed by atoms with van der Waals surface area (Å²) in [5.41, 5.74) is -0.463. The maximum atomic E-state index is 9.69. The van der Waals surface area contributed by atoms with Gasteiger partial charge in [0.2, 0.25) is 0 Å². The van der Waals surface area contributed by atoms with Gasteiger partial charge in [0.25, 0.3) is 0 Å². The summed E-state index contributed by atoms with van der Waals surface area (Å²) in [5.74, 6) is 0. The summed E-state index contributed by atoms with van der Waals surface area (Å²) in [6, 6.07) is 0. The summed E-state index contributed by atoms with van der Waals surface area (Å²) < 4.78 is 0. The Balaban J connectivity index is 2.14. The van der Waals surface area contributed by atoms with Crippen LogP contribution in [0.5, 0.6) is 0 Å². The Hall–Kier alpha value is -0.120. The van der Waals surface area contributed by atoms with E-state index in [1.165, 1.54) is 0 Å². The van der Waals surface area contributed by atoms with Crippen molar-refractivity contribution in [3.63, 3.8) is 0 Å². The fourth-order valence-corrected chi connectivity index (χ4v) is 1.29. The summed E-state index contributed by atoms with van der Waals surface area (Å²) in [6.07, 6.45) is 2.99. The van der Waals surface area contributed by atoms with E-state index in [0.717, 1.165) is 25.8 Å². The van der Waals surface area contributed by atoms with Crippen LogP contribution in [-0.4, -0.2) is 35.5 Å². The van der Waals surface area contributed by atoms with E-state index < -0.39 is 5.60 Å². The predicted molar refractivity (Wildman–Crippen MR) is 52.5 cm³/mol. The molecule has 1 aliphatic carbocycles. The van der Waals surface area contributed by atoms with Gasteiger partial charge in [-0.25, -0.2) is 0 Å². The average molecular weight is 187 g/mol. The van der Waals surface area contributed by atoms with Crippen LogP contribution < -0.4 is 5.32 Å². The summed E-state index contributed by atoms with van der Waals surface area (Å²) in [6.45, 7) is 5.53. The second-order valence-corrected chi connectivity index (χ2v) is 4.61. The maximum absolute atomic E-state index is 9.69. The Morgan fingerprint density at radius 1 is 1.46 bits per heavy atom. The molecule has 3 N–H and O–H groups in total. The van der Waals surface area contributed by atoms with Crippen LogP contribution in [0.4, 0.5) is 0 Å². The molecule has 0 aromatic rings. The highest BCUT2D eigenvalue weighted by molar-refractivity contribution is 4.94. The Bertz CT molecular complexity index is 158. The lowest BCUT2D eigenvalue weighted by Crippen LogP contribution is -2.40. The fourth-order valence-electron chi connectivity index (χ4n) is 1.29. The van der Waals surface area contributed by atoms with E-state index >= 15 is 0 Å². The highest BCUT2D eigenvalue weighted by atomic mass is 16.3. The molecular weight excluding hydrogens is 166 g/mol. The molecule has 1 fully saturated rings. The number of hydrogen-bond donors (Lipinski definition) is 3. The Labute approximate surface area is 80.2 Å². The van der Waals surface area contributed by atoms with Crippen molar-refractivity contribution in [2.45, 2.75) is 38.7 Å². The molecule has 0 spiro atoms. The highest BCUT2D eigenvalue weighted by Gasteiger charge is 2.41. The van der Waals surface area contributed by atoms with E-state index in [-0.39, 0.29) is 12.0 Å². The van der Waals surface area contributed by atoms with Crippen molar-refractivity contribution >= 4 is 0 Å². The molecule has 3 nitrogen and oxygen atoms in total. The van der Waals surface area contributed by atoms with Crippen molar-refractivity contribution in [2.75, 3.05) is 19.7 Å². The van der Waals surface area contributed by atoms with Crippen LogP contribution in [0, 0.1) is 5.41 Å². The zero-order valence-electron chi connectivity index (χ0n) is 8.64. The molecule has 0 bridgehead atoms. The van der Waals surface area contributed by atoms with Crippen molar-refractivity contribution in [3.05, 3.63) is 0 Å². The highest BCUT2D eigenvalue weighted by Crippen LogP contribution is 2.44. The third-order valence-corrected chi connectivity index (χ3v) is 3.06. The van der Waals surface area contributed by atoms with Crippen LogP contribution in [-0.2, 0) is 0 Å². The summed E-state index contributed by atoms with van der Waals surface area (Å²) in [4.78, 5) is 0. The van der Waals surface area contributed by atoms with E-state index in [4.69, 9.17) is 5.11 Å². The zero-order chi connectivity index (χ0) is 9.95. The van der Waals surface area contributed by atoms with Crippen LogP contribution in [0.1, 0.15) is 33.1 Å². The smallest absolute Gasteiger partial charge is 0.0740 e. The molecule has 1 atom stereocenters. The minimum Gasteiger partial charge on any atom is -0.396 e. The maximum Gasteiger partial charge on any atom is 0.0740 e. The molecule has 0 radical (unpaired) electrons. The molecule has 1 unspecified atom stereocenters. The molecule has 0 aromatic carbocycles. The second kappa shape index (κ2) is 3.95. The molecule has 0 heterocycles. The normalized spacial score (nSPS) is 24.0. The lowest BCUT2D eigenvalue weighted by molar-refractivity contribution is 0.0533. The van der Waals surface area contributed by atoms with Crippen molar-refractivity contribution in [1.82, 2.24) is 5.32 Å². The van der Waals surface area contributed by atoms with Gasteiger partial charge in [0.05, 0.1) is 5.60 Å². The van der Waals surface area contributed by atoms with Crippen LogP contribution in [0.2, 0.25) is 0 Å². The number of rotatable bonds is 6. The van der Waals surface area contributed by atoms with Gasteiger partial charge in [-0.05, 0) is 26.2 Å². The van der Waals surface area contributed by atoms with E-state index in [0.29, 0.717) is 6.54 Å². The van der Waals surface area contributed by atoms with Crippen molar-refractivity contribution in [2.24, 2.45) is 5.41 Å². The monoisotopic (exact) mass is 187 g/mol. The molecule has 0 aromatic heterocycles. The SMILES string of the molecule is CCC(C)(O)CNCC1(CO)CC1. The van der Waals surface area contributed by atoms with Gasteiger partial charge >= 0.3 is 0 Å². The first-order chi connectivity index (χ1) is 6.04. The van der Waals surface area contributed by atoms with Crippen LogP contribution in [0.15, 0.2) is 0 Å². The molecule has 0 aliphatic heterocycles. The molecule has 0 amide bonds. The molecule has 0 saturated heterocycles. The van der Waals surface area contributed by atoms with Crippen molar-refractivity contribution in [3.8, 4) is 0 Å². The number of hydrogen-bond acceptors (Lipinski definition) is 3. The van der Waals surface area contributed by atoms with E-state index in [1.807, 2.05) is 13.8 Å². The van der Waals surface area contributed by atoms with Gasteiger partial charge in [0, 0.05) is 25.1 Å². The number of aliphatic hydroxyl groups excluding tert-OH is 1. The van der Waals surface area contributed by atoms with Crippen molar-refractivity contribution < 1.29 is 10.2 Å². The molecule has 1 aliphatic rings. The predicted octanol–water partition coefficient (Wildman–Crippen LogP) is 0.509. The zero-order valence-corrected chi connectivity index (χ0v) is 8.64. The third kappa shape index (κ3) is 3.25. The first-order valence-electron chi connectivity index (χ1n) is 5.08. The molecule has 1 rings (SSSR count). The fraction of sp³-hybridized carbons (Fsp3) is 1.00. The van der Waals surface area contributed by atoms with Gasteiger partial charge in [-0.2, -0.15) is 0 Å². The van der Waals surface area contributed by atoms with Crippen LogP contribution in [0.3, 0.4) is 0 Å². The van der Waals surface area contributed by atoms with Gasteiger partial charge in [-0.3, -0.25) is 0 Å². The first-order valence-corrected chi connectivity index (χ1v) is 5.08. The molecule has 13 heavy (non-hydrogen) atoms. The number of nitrogens with one attached hydrogen (secondary N) is 1. The van der Waals surface area contributed by atoms with Crippen LogP contribution in [0.25, 0.3) is 0 Å².